The van der Waals surface area contributed by atoms with Gasteiger partial charge < -0.3 is 4.74 Å². The highest BCUT2D eigenvalue weighted by Gasteiger charge is 2.59. The Balaban J connectivity index is 1.47. The van der Waals surface area contributed by atoms with Crippen LogP contribution < -0.4 is 0 Å². The zero-order valence-corrected chi connectivity index (χ0v) is 21.2. The van der Waals surface area contributed by atoms with Crippen molar-refractivity contribution in [2.75, 3.05) is 0 Å². The SMILES string of the molecule is CC(=O)O[C@H]1CC[C@@]2(C)C(=CC[C@H]3[C@H]4CC[C@@H]([C@H](C)CCCC(C)C)[C@@]4(C)CC[C@@H]32)C1. The van der Waals surface area contributed by atoms with Gasteiger partial charge in [-0.3, -0.25) is 4.79 Å². The molecule has 2 heteroatoms. The van der Waals surface area contributed by atoms with Gasteiger partial charge in [-0.15, -0.1) is 0 Å². The van der Waals surface area contributed by atoms with E-state index in [0.29, 0.717) is 10.8 Å². The average molecular weight is 429 g/mol. The Morgan fingerprint density at radius 2 is 1.84 bits per heavy atom. The first-order valence-electron chi connectivity index (χ1n) is 13.5. The molecule has 0 unspecified atom stereocenters. The van der Waals surface area contributed by atoms with Gasteiger partial charge in [0.15, 0.2) is 0 Å². The molecule has 3 saturated carbocycles. The van der Waals surface area contributed by atoms with Crippen LogP contribution in [0, 0.1) is 46.3 Å². The monoisotopic (exact) mass is 428 g/mol. The van der Waals surface area contributed by atoms with Gasteiger partial charge in [-0.1, -0.05) is 65.5 Å². The maximum atomic E-state index is 11.5. The summed E-state index contributed by atoms with van der Waals surface area (Å²) in [6.07, 6.45) is 17.2. The summed E-state index contributed by atoms with van der Waals surface area (Å²) in [6, 6.07) is 0. The van der Waals surface area contributed by atoms with Crippen molar-refractivity contribution in [1.82, 2.24) is 0 Å². The lowest BCUT2D eigenvalue weighted by molar-refractivity contribution is -0.148. The van der Waals surface area contributed by atoms with E-state index in [2.05, 4.69) is 40.7 Å². The highest BCUT2D eigenvalue weighted by Crippen LogP contribution is 2.67. The van der Waals surface area contributed by atoms with Crippen LogP contribution in [0.5, 0.6) is 0 Å². The Hall–Kier alpha value is -0.790. The Bertz CT molecular complexity index is 693. The molecular formula is C29H48O2. The lowest BCUT2D eigenvalue weighted by Crippen LogP contribution is -2.51. The normalized spacial score (nSPS) is 42.9. The van der Waals surface area contributed by atoms with Crippen LogP contribution >= 0.6 is 0 Å². The summed E-state index contributed by atoms with van der Waals surface area (Å²) < 4.78 is 5.61. The van der Waals surface area contributed by atoms with Crippen molar-refractivity contribution in [1.29, 1.82) is 0 Å². The molecule has 176 valence electrons. The first kappa shape index (κ1) is 23.4. The lowest BCUT2D eigenvalue weighted by Gasteiger charge is -2.58. The largest absolute Gasteiger partial charge is 0.462 e. The molecule has 0 aromatic heterocycles. The lowest BCUT2D eigenvalue weighted by atomic mass is 9.47. The van der Waals surface area contributed by atoms with Gasteiger partial charge in [-0.05, 0) is 91.3 Å². The second-order valence-corrected chi connectivity index (χ2v) is 12.8. The Labute approximate surface area is 192 Å². The van der Waals surface area contributed by atoms with E-state index in [1.165, 1.54) is 57.8 Å². The van der Waals surface area contributed by atoms with Crippen LogP contribution in [0.1, 0.15) is 112 Å². The number of fused-ring (bicyclic) bond motifs is 5. The number of rotatable bonds is 6. The Morgan fingerprint density at radius 1 is 1.06 bits per heavy atom. The first-order valence-corrected chi connectivity index (χ1v) is 13.5. The number of allylic oxidation sites excluding steroid dienone is 1. The highest BCUT2D eigenvalue weighted by molar-refractivity contribution is 5.66. The zero-order valence-electron chi connectivity index (χ0n) is 21.2. The molecule has 0 heterocycles. The van der Waals surface area contributed by atoms with Crippen LogP contribution in [0.4, 0.5) is 0 Å². The predicted molar refractivity (Wildman–Crippen MR) is 129 cm³/mol. The molecule has 4 aliphatic carbocycles. The summed E-state index contributed by atoms with van der Waals surface area (Å²) in [4.78, 5) is 11.5. The van der Waals surface area contributed by atoms with Crippen molar-refractivity contribution >= 4 is 5.97 Å². The summed E-state index contributed by atoms with van der Waals surface area (Å²) in [7, 11) is 0. The van der Waals surface area contributed by atoms with Crippen molar-refractivity contribution < 1.29 is 9.53 Å². The molecule has 0 bridgehead atoms. The second-order valence-electron chi connectivity index (χ2n) is 12.8. The Kier molecular flexibility index (Phi) is 6.68. The number of esters is 1. The molecule has 0 saturated heterocycles. The van der Waals surface area contributed by atoms with Crippen LogP contribution in [-0.2, 0) is 9.53 Å². The fourth-order valence-electron chi connectivity index (χ4n) is 8.99. The van der Waals surface area contributed by atoms with Crippen molar-refractivity contribution in [3.8, 4) is 0 Å². The smallest absolute Gasteiger partial charge is 0.302 e. The number of ether oxygens (including phenoxy) is 1. The molecule has 4 rings (SSSR count). The maximum Gasteiger partial charge on any atom is 0.302 e. The van der Waals surface area contributed by atoms with Crippen LogP contribution in [-0.4, -0.2) is 12.1 Å². The second kappa shape index (κ2) is 8.86. The highest BCUT2D eigenvalue weighted by atomic mass is 16.5. The van der Waals surface area contributed by atoms with Gasteiger partial charge in [0.25, 0.3) is 0 Å². The maximum absolute atomic E-state index is 11.5. The fraction of sp³-hybridized carbons (Fsp3) is 0.897. The Morgan fingerprint density at radius 3 is 2.55 bits per heavy atom. The zero-order chi connectivity index (χ0) is 22.4. The fourth-order valence-corrected chi connectivity index (χ4v) is 8.99. The number of carbonyl (C=O) groups is 1. The first-order chi connectivity index (χ1) is 14.6. The molecule has 0 radical (unpaired) electrons. The van der Waals surface area contributed by atoms with E-state index in [9.17, 15) is 4.79 Å². The summed E-state index contributed by atoms with van der Waals surface area (Å²) in [5.74, 6) is 5.19. The molecule has 0 N–H and O–H groups in total. The van der Waals surface area contributed by atoms with Crippen molar-refractivity contribution in [2.24, 2.45) is 46.3 Å². The topological polar surface area (TPSA) is 26.3 Å². The van der Waals surface area contributed by atoms with Gasteiger partial charge in [0.2, 0.25) is 0 Å². The van der Waals surface area contributed by atoms with E-state index in [0.717, 1.165) is 48.3 Å². The molecule has 2 nitrogen and oxygen atoms in total. The third-order valence-corrected chi connectivity index (χ3v) is 10.6. The van der Waals surface area contributed by atoms with Crippen molar-refractivity contribution in [3.63, 3.8) is 0 Å². The van der Waals surface area contributed by atoms with Gasteiger partial charge in [-0.25, -0.2) is 0 Å². The third kappa shape index (κ3) is 4.26. The number of hydrogen-bond donors (Lipinski definition) is 0. The van der Waals surface area contributed by atoms with E-state index in [4.69, 9.17) is 4.74 Å². The molecule has 3 fully saturated rings. The quantitative estimate of drug-likeness (QED) is 0.317. The number of hydrogen-bond acceptors (Lipinski definition) is 2. The molecule has 8 atom stereocenters. The van der Waals surface area contributed by atoms with Crippen molar-refractivity contribution in [2.45, 2.75) is 118 Å². The molecule has 0 amide bonds. The minimum Gasteiger partial charge on any atom is -0.462 e. The number of carbonyl (C=O) groups excluding carboxylic acids is 1. The van der Waals surface area contributed by atoms with E-state index in [-0.39, 0.29) is 12.1 Å². The van der Waals surface area contributed by atoms with Crippen LogP contribution in [0.3, 0.4) is 0 Å². The van der Waals surface area contributed by atoms with Crippen LogP contribution in [0.2, 0.25) is 0 Å². The van der Waals surface area contributed by atoms with Gasteiger partial charge in [0.05, 0.1) is 0 Å². The van der Waals surface area contributed by atoms with Gasteiger partial charge >= 0.3 is 5.97 Å². The summed E-state index contributed by atoms with van der Waals surface area (Å²) >= 11 is 0. The predicted octanol–water partition coefficient (Wildman–Crippen LogP) is 7.96. The van der Waals surface area contributed by atoms with E-state index in [1.807, 2.05) is 0 Å². The minimum absolute atomic E-state index is 0.115. The van der Waals surface area contributed by atoms with E-state index >= 15 is 0 Å². The molecule has 0 aromatic carbocycles. The van der Waals surface area contributed by atoms with E-state index < -0.39 is 0 Å². The van der Waals surface area contributed by atoms with Crippen molar-refractivity contribution in [3.05, 3.63) is 11.6 Å². The van der Waals surface area contributed by atoms with Gasteiger partial charge in [-0.2, -0.15) is 0 Å². The average Bonchev–Trinajstić information content (AvgIpc) is 3.05. The summed E-state index contributed by atoms with van der Waals surface area (Å²) in [5.41, 5.74) is 2.53. The van der Waals surface area contributed by atoms with Gasteiger partial charge in [0.1, 0.15) is 6.10 Å². The molecule has 0 aromatic rings. The molecule has 31 heavy (non-hydrogen) atoms. The molecule has 0 aliphatic heterocycles. The van der Waals surface area contributed by atoms with Gasteiger partial charge in [0, 0.05) is 13.3 Å². The summed E-state index contributed by atoms with van der Waals surface area (Å²) in [6.45, 7) is 14.1. The van der Waals surface area contributed by atoms with Crippen LogP contribution in [0.25, 0.3) is 0 Å². The molecular weight excluding hydrogens is 380 g/mol. The van der Waals surface area contributed by atoms with E-state index in [1.54, 1.807) is 12.5 Å². The molecule has 4 aliphatic rings. The minimum atomic E-state index is -0.115. The molecule has 0 spiro atoms. The summed E-state index contributed by atoms with van der Waals surface area (Å²) in [5, 5.41) is 0. The third-order valence-electron chi connectivity index (χ3n) is 10.6. The standard InChI is InChI=1S/C29H48O2/c1-19(2)8-7-9-20(3)25-12-13-26-24-11-10-22-18-23(31-21(4)30)14-16-28(22,5)27(24)15-17-29(25,26)6/h10,19-20,23-27H,7-9,11-18H2,1-6H3/t20-,23+,24+,25+,26-,27+,28+,29-/m1/s1. The van der Waals surface area contributed by atoms with Crippen LogP contribution in [0.15, 0.2) is 11.6 Å².